The number of benzene rings is 3. The lowest BCUT2D eigenvalue weighted by Crippen LogP contribution is -2.48. The van der Waals surface area contributed by atoms with Gasteiger partial charge in [-0.2, -0.15) is 0 Å². The molecule has 1 fully saturated rings. The number of nitro groups is 1. The molecule has 0 atom stereocenters. The topological polar surface area (TPSA) is 78.7 Å². The highest BCUT2D eigenvalue weighted by Crippen LogP contribution is 2.30. The molecule has 32 heavy (non-hydrogen) atoms. The van der Waals surface area contributed by atoms with Crippen molar-refractivity contribution in [1.82, 2.24) is 4.90 Å². The first-order valence-corrected chi connectivity index (χ1v) is 10.7. The molecule has 164 valence electrons. The van der Waals surface area contributed by atoms with Crippen LogP contribution in [0.15, 0.2) is 72.8 Å². The summed E-state index contributed by atoms with van der Waals surface area (Å²) in [5.41, 5.74) is 4.34. The molecule has 7 nitrogen and oxygen atoms in total. The van der Waals surface area contributed by atoms with Crippen molar-refractivity contribution in [2.45, 2.75) is 13.5 Å². The van der Waals surface area contributed by atoms with E-state index < -0.39 is 0 Å². The van der Waals surface area contributed by atoms with Crippen LogP contribution in [0.25, 0.3) is 0 Å². The minimum atomic E-state index is -0.366. The quantitative estimate of drug-likeness (QED) is 0.461. The van der Waals surface area contributed by atoms with Gasteiger partial charge in [0.15, 0.2) is 0 Å². The summed E-state index contributed by atoms with van der Waals surface area (Å²) < 4.78 is 0. The smallest absolute Gasteiger partial charge is 0.292 e. The van der Waals surface area contributed by atoms with Crippen molar-refractivity contribution < 1.29 is 9.72 Å². The highest BCUT2D eigenvalue weighted by atomic mass is 16.6. The lowest BCUT2D eigenvalue weighted by Gasteiger charge is -2.36. The molecule has 1 amide bonds. The summed E-state index contributed by atoms with van der Waals surface area (Å²) in [6.07, 6.45) is 0. The molecule has 0 radical (unpaired) electrons. The second kappa shape index (κ2) is 9.51. The first kappa shape index (κ1) is 21.4. The number of nitrogens with zero attached hydrogens (tertiary/aromatic N) is 3. The lowest BCUT2D eigenvalue weighted by molar-refractivity contribution is -0.384. The van der Waals surface area contributed by atoms with Crippen LogP contribution in [-0.4, -0.2) is 41.9 Å². The number of carbonyl (C=O) groups is 1. The van der Waals surface area contributed by atoms with E-state index in [0.29, 0.717) is 44.0 Å². The molecule has 0 saturated carbocycles. The van der Waals surface area contributed by atoms with E-state index in [1.165, 1.54) is 0 Å². The third-order valence-corrected chi connectivity index (χ3v) is 5.73. The summed E-state index contributed by atoms with van der Waals surface area (Å²) in [4.78, 5) is 27.9. The number of carbonyl (C=O) groups excluding carboxylic acids is 1. The van der Waals surface area contributed by atoms with Gasteiger partial charge in [-0.25, -0.2) is 0 Å². The van der Waals surface area contributed by atoms with Crippen molar-refractivity contribution >= 4 is 23.0 Å². The molecule has 1 aliphatic rings. The van der Waals surface area contributed by atoms with Gasteiger partial charge in [-0.3, -0.25) is 14.9 Å². The van der Waals surface area contributed by atoms with E-state index in [0.717, 1.165) is 16.8 Å². The summed E-state index contributed by atoms with van der Waals surface area (Å²) in [5, 5.41) is 14.7. The molecule has 0 aliphatic carbocycles. The summed E-state index contributed by atoms with van der Waals surface area (Å²) in [6.45, 7) is 5.07. The fourth-order valence-electron chi connectivity index (χ4n) is 3.86. The van der Waals surface area contributed by atoms with Gasteiger partial charge in [0.2, 0.25) is 0 Å². The molecule has 0 bridgehead atoms. The van der Waals surface area contributed by atoms with Crippen molar-refractivity contribution in [3.05, 3.63) is 99.6 Å². The Kier molecular flexibility index (Phi) is 6.35. The number of rotatable bonds is 6. The van der Waals surface area contributed by atoms with Crippen molar-refractivity contribution in [1.29, 1.82) is 0 Å². The molecular formula is C25H26N4O3. The van der Waals surface area contributed by atoms with Gasteiger partial charge in [-0.15, -0.1) is 0 Å². The van der Waals surface area contributed by atoms with Crippen molar-refractivity contribution in [2.75, 3.05) is 36.4 Å². The number of nitro benzene ring substituents is 1. The number of piperazine rings is 1. The minimum Gasteiger partial charge on any atom is -0.375 e. The van der Waals surface area contributed by atoms with Crippen LogP contribution >= 0.6 is 0 Å². The Morgan fingerprint density at radius 1 is 0.969 bits per heavy atom. The normalized spacial score (nSPS) is 13.7. The third kappa shape index (κ3) is 4.88. The van der Waals surface area contributed by atoms with Crippen LogP contribution in [0.1, 0.15) is 21.5 Å². The van der Waals surface area contributed by atoms with E-state index >= 15 is 0 Å². The van der Waals surface area contributed by atoms with E-state index in [9.17, 15) is 14.9 Å². The zero-order chi connectivity index (χ0) is 22.5. The zero-order valence-corrected chi connectivity index (χ0v) is 18.0. The van der Waals surface area contributed by atoms with Crippen LogP contribution in [0.3, 0.4) is 0 Å². The Hall–Kier alpha value is -3.87. The predicted octanol–water partition coefficient (Wildman–Crippen LogP) is 4.48. The monoisotopic (exact) mass is 430 g/mol. The first-order valence-electron chi connectivity index (χ1n) is 10.7. The maximum absolute atomic E-state index is 12.8. The molecule has 4 rings (SSSR count). The Morgan fingerprint density at radius 3 is 2.31 bits per heavy atom. The van der Waals surface area contributed by atoms with Crippen LogP contribution in [-0.2, 0) is 6.54 Å². The van der Waals surface area contributed by atoms with Crippen LogP contribution in [0.4, 0.5) is 17.1 Å². The Morgan fingerprint density at radius 2 is 1.66 bits per heavy atom. The third-order valence-electron chi connectivity index (χ3n) is 5.73. The molecule has 1 heterocycles. The maximum atomic E-state index is 12.8. The largest absolute Gasteiger partial charge is 0.375 e. The number of amides is 1. The predicted molar refractivity (Wildman–Crippen MR) is 126 cm³/mol. The van der Waals surface area contributed by atoms with Crippen molar-refractivity contribution in [3.63, 3.8) is 0 Å². The van der Waals surface area contributed by atoms with Crippen LogP contribution in [0.5, 0.6) is 0 Å². The standard InChI is InChI=1S/C25H26N4O3/c1-19-7-9-21(10-8-19)25(30)28-15-13-27(14-16-28)22-11-12-24(29(31)32)23(17-22)26-18-20-5-3-2-4-6-20/h2-12,17,26H,13-16,18H2,1H3. The molecular weight excluding hydrogens is 404 g/mol. The Bertz CT molecular complexity index is 1090. The molecule has 3 aromatic rings. The molecule has 1 aliphatic heterocycles. The van der Waals surface area contributed by atoms with Gasteiger partial charge in [0.05, 0.1) is 4.92 Å². The molecule has 0 unspecified atom stereocenters. The lowest BCUT2D eigenvalue weighted by atomic mass is 10.1. The number of anilines is 2. The van der Waals surface area contributed by atoms with E-state index in [1.54, 1.807) is 12.1 Å². The van der Waals surface area contributed by atoms with E-state index in [-0.39, 0.29) is 16.5 Å². The zero-order valence-electron chi connectivity index (χ0n) is 18.0. The van der Waals surface area contributed by atoms with Gasteiger partial charge in [0.25, 0.3) is 11.6 Å². The molecule has 0 spiro atoms. The second-order valence-electron chi connectivity index (χ2n) is 7.94. The second-order valence-corrected chi connectivity index (χ2v) is 7.94. The van der Waals surface area contributed by atoms with Crippen LogP contribution in [0, 0.1) is 17.0 Å². The van der Waals surface area contributed by atoms with Gasteiger partial charge >= 0.3 is 0 Å². The minimum absolute atomic E-state index is 0.0403. The fraction of sp³-hybridized carbons (Fsp3) is 0.240. The SMILES string of the molecule is Cc1ccc(C(=O)N2CCN(c3ccc([N+](=O)[O-])c(NCc4ccccc4)c3)CC2)cc1. The average Bonchev–Trinajstić information content (AvgIpc) is 2.83. The highest BCUT2D eigenvalue weighted by molar-refractivity contribution is 5.94. The van der Waals surface area contributed by atoms with Crippen LogP contribution in [0.2, 0.25) is 0 Å². The Balaban J connectivity index is 1.44. The van der Waals surface area contributed by atoms with Gasteiger partial charge < -0.3 is 15.1 Å². The average molecular weight is 431 g/mol. The molecule has 3 aromatic carbocycles. The summed E-state index contributed by atoms with van der Waals surface area (Å²) in [5.74, 6) is 0.0403. The van der Waals surface area contributed by atoms with E-state index in [2.05, 4.69) is 10.2 Å². The molecule has 1 N–H and O–H groups in total. The highest BCUT2D eigenvalue weighted by Gasteiger charge is 2.24. The van der Waals surface area contributed by atoms with E-state index in [4.69, 9.17) is 0 Å². The number of aryl methyl sites for hydroxylation is 1. The first-order chi connectivity index (χ1) is 15.5. The van der Waals surface area contributed by atoms with Gasteiger partial charge in [-0.1, -0.05) is 48.0 Å². The van der Waals surface area contributed by atoms with E-state index in [1.807, 2.05) is 72.5 Å². The molecule has 1 saturated heterocycles. The van der Waals surface area contributed by atoms with Gasteiger partial charge in [-0.05, 0) is 36.8 Å². The van der Waals surface area contributed by atoms with Gasteiger partial charge in [0.1, 0.15) is 5.69 Å². The number of nitrogens with one attached hydrogen (secondary N) is 1. The van der Waals surface area contributed by atoms with Crippen molar-refractivity contribution in [2.24, 2.45) is 0 Å². The summed E-state index contributed by atoms with van der Waals surface area (Å²) in [6, 6.07) is 22.6. The number of hydrogen-bond acceptors (Lipinski definition) is 5. The molecule has 0 aromatic heterocycles. The number of hydrogen-bond donors (Lipinski definition) is 1. The van der Waals surface area contributed by atoms with Crippen molar-refractivity contribution in [3.8, 4) is 0 Å². The Labute approximate surface area is 187 Å². The summed E-state index contributed by atoms with van der Waals surface area (Å²) in [7, 11) is 0. The summed E-state index contributed by atoms with van der Waals surface area (Å²) >= 11 is 0. The fourth-order valence-corrected chi connectivity index (χ4v) is 3.86. The molecule has 7 heteroatoms. The maximum Gasteiger partial charge on any atom is 0.292 e. The van der Waals surface area contributed by atoms with Crippen LogP contribution < -0.4 is 10.2 Å². The van der Waals surface area contributed by atoms with Gasteiger partial charge in [0, 0.05) is 50.0 Å².